The fourth-order valence-corrected chi connectivity index (χ4v) is 3.70. The summed E-state index contributed by atoms with van der Waals surface area (Å²) in [4.78, 5) is 16.7. The summed E-state index contributed by atoms with van der Waals surface area (Å²) in [5, 5.41) is 8.48. The maximum Gasteiger partial charge on any atom is 0.254 e. The maximum absolute atomic E-state index is 11.0. The van der Waals surface area contributed by atoms with Crippen molar-refractivity contribution in [1.82, 2.24) is 10.5 Å². The molecule has 1 aromatic heterocycles. The molecule has 6 nitrogen and oxygen atoms in total. The largest absolute Gasteiger partial charge is 0.369 e. The number of benzene rings is 1. The van der Waals surface area contributed by atoms with E-state index in [0.717, 1.165) is 56.4 Å². The number of unbranched alkanes of at least 4 members (excludes halogenated alkanes) is 3. The van der Waals surface area contributed by atoms with Crippen LogP contribution >= 0.6 is 23.2 Å². The molecule has 0 aliphatic heterocycles. The summed E-state index contributed by atoms with van der Waals surface area (Å²) in [7, 11) is 2.08. The van der Waals surface area contributed by atoms with E-state index in [0.29, 0.717) is 18.2 Å². The van der Waals surface area contributed by atoms with Crippen molar-refractivity contribution in [1.29, 1.82) is 0 Å². The number of nitrogens with one attached hydrogen (secondary N) is 2. The number of alkyl halides is 2. The van der Waals surface area contributed by atoms with Crippen molar-refractivity contribution < 1.29 is 14.6 Å². The molecule has 1 amide bonds. The number of carbonyl (C=O) groups is 1. The molecule has 0 bridgehead atoms. The van der Waals surface area contributed by atoms with Crippen LogP contribution < -0.4 is 14.9 Å². The Balaban J connectivity index is 1.96. The average Bonchev–Trinajstić information content (AvgIpc) is 2.99. The van der Waals surface area contributed by atoms with Gasteiger partial charge in [-0.25, -0.2) is 15.0 Å². The molecule has 1 aromatic carbocycles. The van der Waals surface area contributed by atoms with E-state index in [1.54, 1.807) is 5.48 Å². The minimum Gasteiger partial charge on any atom is -0.369 e. The molecule has 27 heavy (non-hydrogen) atoms. The molecule has 0 aliphatic rings. The summed E-state index contributed by atoms with van der Waals surface area (Å²) < 4.78 is 2.20. The standard InChI is InChI=1S/C19H28Cl2N4O2/c1-24-17-9-8-15(25(12-10-20)13-11-21)14-16(17)22-18(24)6-4-2-3-5-7-19(26)23-27/h8-9,14H,2-7,10-13H2,1H3,(H2,23,26,27)/p+1. The van der Waals surface area contributed by atoms with E-state index in [9.17, 15) is 4.79 Å². The third kappa shape index (κ3) is 6.26. The quantitative estimate of drug-likeness (QED) is 0.164. The van der Waals surface area contributed by atoms with Crippen LogP contribution in [0, 0.1) is 0 Å². The summed E-state index contributed by atoms with van der Waals surface area (Å²) in [6.07, 6.45) is 5.22. The summed E-state index contributed by atoms with van der Waals surface area (Å²) in [5.41, 5.74) is 5.07. The van der Waals surface area contributed by atoms with Crippen molar-refractivity contribution in [3.63, 3.8) is 0 Å². The number of nitrogens with zero attached hydrogens (tertiary/aromatic N) is 2. The topological polar surface area (TPSA) is 72.2 Å². The molecule has 0 atom stereocenters. The Morgan fingerprint density at radius 3 is 2.56 bits per heavy atom. The van der Waals surface area contributed by atoms with Crippen molar-refractivity contribution in [2.75, 3.05) is 29.7 Å². The minimum atomic E-state index is -0.315. The van der Waals surface area contributed by atoms with Gasteiger partial charge < -0.3 is 4.90 Å². The number of fused-ring (bicyclic) bond motifs is 1. The van der Waals surface area contributed by atoms with Gasteiger partial charge in [-0.3, -0.25) is 10.0 Å². The van der Waals surface area contributed by atoms with Crippen LogP contribution in [0.2, 0.25) is 0 Å². The van der Waals surface area contributed by atoms with E-state index in [-0.39, 0.29) is 5.91 Å². The molecule has 0 fully saturated rings. The first-order chi connectivity index (χ1) is 13.1. The SMILES string of the molecule is C[n+]1c(CCCCCCC(=O)NO)[nH]c2cc(N(CCCl)CCCl)ccc21. The fraction of sp³-hybridized carbons (Fsp3) is 0.579. The lowest BCUT2D eigenvalue weighted by molar-refractivity contribution is -0.652. The molecule has 2 rings (SSSR count). The monoisotopic (exact) mass is 415 g/mol. The predicted octanol–water partition coefficient (Wildman–Crippen LogP) is 3.27. The van der Waals surface area contributed by atoms with Crippen molar-refractivity contribution in [3.05, 3.63) is 24.0 Å². The number of aryl methyl sites for hydroxylation is 2. The molecule has 0 unspecified atom stereocenters. The Labute approximate surface area is 170 Å². The predicted molar refractivity (Wildman–Crippen MR) is 110 cm³/mol. The van der Waals surface area contributed by atoms with Gasteiger partial charge in [-0.05, 0) is 25.0 Å². The number of carbonyl (C=O) groups excluding carboxylic acids is 1. The second-order valence-corrected chi connectivity index (χ2v) is 7.40. The number of hydrogen-bond acceptors (Lipinski definition) is 3. The van der Waals surface area contributed by atoms with Crippen LogP contribution in [0.15, 0.2) is 18.2 Å². The molecule has 8 heteroatoms. The first kappa shape index (κ1) is 21.8. The van der Waals surface area contributed by atoms with Crippen molar-refractivity contribution in [2.24, 2.45) is 7.05 Å². The lowest BCUT2D eigenvalue weighted by atomic mass is 10.1. The van der Waals surface area contributed by atoms with Crippen LogP contribution in [0.3, 0.4) is 0 Å². The van der Waals surface area contributed by atoms with Gasteiger partial charge in [0.25, 0.3) is 5.82 Å². The number of rotatable bonds is 12. The molecule has 150 valence electrons. The van der Waals surface area contributed by atoms with Gasteiger partial charge in [0.2, 0.25) is 5.91 Å². The first-order valence-corrected chi connectivity index (χ1v) is 10.5. The Kier molecular flexibility index (Phi) is 9.18. The Hall–Kier alpha value is -1.50. The second-order valence-electron chi connectivity index (χ2n) is 6.65. The van der Waals surface area contributed by atoms with Gasteiger partial charge in [0.1, 0.15) is 0 Å². The van der Waals surface area contributed by atoms with Crippen LogP contribution in [0.5, 0.6) is 0 Å². The minimum absolute atomic E-state index is 0.315. The Morgan fingerprint density at radius 2 is 1.89 bits per heavy atom. The number of aromatic nitrogens is 2. The van der Waals surface area contributed by atoms with Gasteiger partial charge in [-0.2, -0.15) is 0 Å². The van der Waals surface area contributed by atoms with E-state index in [2.05, 4.69) is 39.7 Å². The van der Waals surface area contributed by atoms with Gasteiger partial charge in [-0.1, -0.05) is 12.8 Å². The van der Waals surface area contributed by atoms with Crippen molar-refractivity contribution in [2.45, 2.75) is 38.5 Å². The highest BCUT2D eigenvalue weighted by atomic mass is 35.5. The average molecular weight is 416 g/mol. The zero-order valence-electron chi connectivity index (χ0n) is 15.8. The number of imidazole rings is 1. The highest BCUT2D eigenvalue weighted by Gasteiger charge is 2.16. The number of hydroxylamine groups is 1. The highest BCUT2D eigenvalue weighted by Crippen LogP contribution is 2.21. The van der Waals surface area contributed by atoms with Crippen molar-refractivity contribution in [3.8, 4) is 0 Å². The third-order valence-corrected chi connectivity index (χ3v) is 5.13. The lowest BCUT2D eigenvalue weighted by Gasteiger charge is -2.22. The smallest absolute Gasteiger partial charge is 0.254 e. The zero-order valence-corrected chi connectivity index (χ0v) is 17.3. The van der Waals surface area contributed by atoms with Gasteiger partial charge in [0.15, 0.2) is 11.0 Å². The maximum atomic E-state index is 11.0. The number of halogens is 2. The summed E-state index contributed by atoms with van der Waals surface area (Å²) in [6.45, 7) is 1.54. The number of H-pyrrole nitrogens is 1. The van der Waals surface area contributed by atoms with Gasteiger partial charge in [0, 0.05) is 49.4 Å². The molecule has 0 saturated carbocycles. The van der Waals surface area contributed by atoms with Crippen LogP contribution in [0.4, 0.5) is 5.69 Å². The van der Waals surface area contributed by atoms with E-state index in [1.807, 2.05) is 0 Å². The lowest BCUT2D eigenvalue weighted by Crippen LogP contribution is -2.31. The van der Waals surface area contributed by atoms with Crippen LogP contribution in [0.25, 0.3) is 11.0 Å². The molecule has 0 radical (unpaired) electrons. The number of aromatic amines is 1. The Morgan fingerprint density at radius 1 is 1.19 bits per heavy atom. The zero-order chi connectivity index (χ0) is 19.6. The van der Waals surface area contributed by atoms with E-state index < -0.39 is 0 Å². The summed E-state index contributed by atoms with van der Waals surface area (Å²) >= 11 is 11.8. The fourth-order valence-electron chi connectivity index (χ4n) is 3.29. The van der Waals surface area contributed by atoms with Crippen LogP contribution in [-0.4, -0.2) is 40.9 Å². The number of anilines is 1. The van der Waals surface area contributed by atoms with E-state index in [1.165, 1.54) is 11.3 Å². The molecule has 0 spiro atoms. The second kappa shape index (κ2) is 11.4. The summed E-state index contributed by atoms with van der Waals surface area (Å²) in [6, 6.07) is 6.41. The first-order valence-electron chi connectivity index (χ1n) is 9.41. The molecular weight excluding hydrogens is 387 g/mol. The van der Waals surface area contributed by atoms with E-state index >= 15 is 0 Å². The third-order valence-electron chi connectivity index (χ3n) is 4.79. The van der Waals surface area contributed by atoms with Crippen molar-refractivity contribution >= 4 is 45.8 Å². The Bertz CT molecular complexity index is 730. The van der Waals surface area contributed by atoms with Crippen LogP contribution in [-0.2, 0) is 18.3 Å². The van der Waals surface area contributed by atoms with Crippen LogP contribution in [0.1, 0.15) is 37.9 Å². The number of hydrogen-bond donors (Lipinski definition) is 3. The molecule has 0 aliphatic carbocycles. The molecule has 3 N–H and O–H groups in total. The van der Waals surface area contributed by atoms with Gasteiger partial charge >= 0.3 is 0 Å². The molecule has 0 saturated heterocycles. The molecule has 1 heterocycles. The van der Waals surface area contributed by atoms with Gasteiger partial charge in [0.05, 0.1) is 7.05 Å². The molecule has 2 aromatic rings. The normalized spacial score (nSPS) is 11.1. The highest BCUT2D eigenvalue weighted by molar-refractivity contribution is 6.18. The summed E-state index contributed by atoms with van der Waals surface area (Å²) in [5.74, 6) is 2.01. The van der Waals surface area contributed by atoms with Gasteiger partial charge in [-0.15, -0.1) is 23.2 Å². The van der Waals surface area contributed by atoms with E-state index in [4.69, 9.17) is 28.4 Å². The number of amides is 1. The molecular formula is C19H29Cl2N4O2+.